The summed E-state index contributed by atoms with van der Waals surface area (Å²) in [6, 6.07) is 11.4. The Morgan fingerprint density at radius 1 is 1.25 bits per heavy atom. The molecule has 1 N–H and O–H groups in total. The summed E-state index contributed by atoms with van der Waals surface area (Å²) < 4.78 is 7.38. The number of rotatable bonds is 5. The molecule has 0 spiro atoms. The highest BCUT2D eigenvalue weighted by atomic mass is 16.5. The van der Waals surface area contributed by atoms with Gasteiger partial charge in [0.05, 0.1) is 13.3 Å². The molecule has 0 saturated heterocycles. The van der Waals surface area contributed by atoms with Crippen molar-refractivity contribution in [3.8, 4) is 11.8 Å². The van der Waals surface area contributed by atoms with Gasteiger partial charge in [-0.15, -0.1) is 0 Å². The molecule has 0 fully saturated rings. The molecule has 0 aliphatic carbocycles. The third kappa shape index (κ3) is 5.28. The maximum Gasteiger partial charge on any atom is 0.255 e. The van der Waals surface area contributed by atoms with Crippen LogP contribution in [0.3, 0.4) is 0 Å². The molecule has 3 aromatic rings. The predicted molar refractivity (Wildman–Crippen MR) is 128 cm³/mol. The molecule has 0 aliphatic heterocycles. The quantitative estimate of drug-likeness (QED) is 0.349. The second-order valence-electron chi connectivity index (χ2n) is 8.49. The first-order valence-corrected chi connectivity index (χ1v) is 10.6. The number of hydrogen-bond donors (Lipinski definition) is 1. The number of fused-ring (bicyclic) bond motifs is 1. The Labute approximate surface area is 189 Å². The van der Waals surface area contributed by atoms with Gasteiger partial charge in [-0.25, -0.2) is 4.98 Å². The lowest BCUT2D eigenvalue weighted by atomic mass is 9.93. The van der Waals surface area contributed by atoms with Crippen molar-refractivity contribution in [2.45, 2.75) is 34.1 Å². The molecule has 0 unspecified atom stereocenters. The number of methoxy groups -OCH3 is 1. The zero-order chi connectivity index (χ0) is 23.3. The smallest absolute Gasteiger partial charge is 0.255 e. The second-order valence-corrected chi connectivity index (χ2v) is 8.49. The van der Waals surface area contributed by atoms with Gasteiger partial charge in [0.1, 0.15) is 17.1 Å². The van der Waals surface area contributed by atoms with Crippen molar-refractivity contribution in [1.82, 2.24) is 14.7 Å². The second kappa shape index (κ2) is 9.57. The fourth-order valence-electron chi connectivity index (χ4n) is 3.29. The molecule has 5 nitrogen and oxygen atoms in total. The van der Waals surface area contributed by atoms with Gasteiger partial charge in [-0.1, -0.05) is 52.3 Å². The first-order chi connectivity index (χ1) is 15.2. The van der Waals surface area contributed by atoms with Crippen LogP contribution in [0, 0.1) is 17.3 Å². The Kier molecular flexibility index (Phi) is 6.85. The standard InChI is InChI=1S/C27H29N3O2/c1-7-20-11-12-22(26(31)29-19(2)16-24(32-6)27(3,4)5)17-21(20)13-14-23-18-28-25-10-8-9-15-30(23)25/h8-12,15-18H,2,7H2,1,3-6H3,(H,29,31)/b24-16-. The fraction of sp³-hybridized carbons (Fsp3) is 0.259. The minimum atomic E-state index is -0.240. The normalized spacial score (nSPS) is 11.6. The number of carbonyl (C=O) groups excluding carboxylic acids is 1. The number of amides is 1. The third-order valence-electron chi connectivity index (χ3n) is 5.03. The number of ether oxygens (including phenoxy) is 1. The Bertz CT molecular complexity index is 1250. The number of allylic oxidation sites excluding steroid dienone is 2. The summed E-state index contributed by atoms with van der Waals surface area (Å²) in [5.41, 5.74) is 4.35. The molecule has 2 heterocycles. The summed E-state index contributed by atoms with van der Waals surface area (Å²) >= 11 is 0. The summed E-state index contributed by atoms with van der Waals surface area (Å²) in [4.78, 5) is 17.2. The van der Waals surface area contributed by atoms with Crippen LogP contribution in [0.25, 0.3) is 5.65 Å². The number of hydrogen-bond acceptors (Lipinski definition) is 3. The number of pyridine rings is 1. The molecule has 1 amide bonds. The average molecular weight is 428 g/mol. The van der Waals surface area contributed by atoms with Crippen molar-refractivity contribution in [1.29, 1.82) is 0 Å². The number of benzene rings is 1. The monoisotopic (exact) mass is 427 g/mol. The molecular weight excluding hydrogens is 398 g/mol. The van der Waals surface area contributed by atoms with Gasteiger partial charge in [-0.2, -0.15) is 0 Å². The van der Waals surface area contributed by atoms with E-state index in [4.69, 9.17) is 4.74 Å². The highest BCUT2D eigenvalue weighted by Crippen LogP contribution is 2.26. The van der Waals surface area contributed by atoms with Crippen LogP contribution < -0.4 is 5.32 Å². The van der Waals surface area contributed by atoms with E-state index < -0.39 is 0 Å². The van der Waals surface area contributed by atoms with E-state index >= 15 is 0 Å². The van der Waals surface area contributed by atoms with E-state index in [0.717, 1.165) is 34.6 Å². The molecule has 3 rings (SSSR count). The lowest BCUT2D eigenvalue weighted by Gasteiger charge is -2.22. The van der Waals surface area contributed by atoms with Crippen LogP contribution >= 0.6 is 0 Å². The minimum Gasteiger partial charge on any atom is -0.500 e. The van der Waals surface area contributed by atoms with Crippen molar-refractivity contribution in [2.24, 2.45) is 5.41 Å². The fourth-order valence-corrected chi connectivity index (χ4v) is 3.29. The average Bonchev–Trinajstić information content (AvgIpc) is 3.18. The van der Waals surface area contributed by atoms with Gasteiger partial charge in [0.15, 0.2) is 0 Å². The molecule has 1 aromatic carbocycles. The summed E-state index contributed by atoms with van der Waals surface area (Å²) in [5, 5.41) is 2.84. The van der Waals surface area contributed by atoms with Crippen molar-refractivity contribution < 1.29 is 9.53 Å². The van der Waals surface area contributed by atoms with Crippen LogP contribution in [-0.4, -0.2) is 22.4 Å². The first kappa shape index (κ1) is 22.9. The molecule has 0 radical (unpaired) electrons. The summed E-state index contributed by atoms with van der Waals surface area (Å²) in [6.45, 7) is 12.1. The van der Waals surface area contributed by atoms with Crippen molar-refractivity contribution in [2.75, 3.05) is 7.11 Å². The lowest BCUT2D eigenvalue weighted by Crippen LogP contribution is -2.22. The molecule has 0 aliphatic rings. The number of imidazole rings is 1. The van der Waals surface area contributed by atoms with Crippen LogP contribution in [0.5, 0.6) is 0 Å². The Morgan fingerprint density at radius 3 is 2.72 bits per heavy atom. The zero-order valence-electron chi connectivity index (χ0n) is 19.3. The van der Waals surface area contributed by atoms with Gasteiger partial charge in [0.2, 0.25) is 0 Å². The largest absolute Gasteiger partial charge is 0.500 e. The van der Waals surface area contributed by atoms with Crippen molar-refractivity contribution in [3.05, 3.63) is 95.3 Å². The molecule has 32 heavy (non-hydrogen) atoms. The zero-order valence-corrected chi connectivity index (χ0v) is 19.3. The van der Waals surface area contributed by atoms with Crippen molar-refractivity contribution >= 4 is 11.6 Å². The number of nitrogens with zero attached hydrogens (tertiary/aromatic N) is 2. The lowest BCUT2D eigenvalue weighted by molar-refractivity contribution is 0.0967. The van der Waals surface area contributed by atoms with E-state index in [1.807, 2.05) is 67.8 Å². The van der Waals surface area contributed by atoms with Gasteiger partial charge in [-0.05, 0) is 48.2 Å². The van der Waals surface area contributed by atoms with E-state index in [2.05, 4.69) is 35.6 Å². The molecular formula is C27H29N3O2. The van der Waals surface area contributed by atoms with Gasteiger partial charge < -0.3 is 10.1 Å². The summed E-state index contributed by atoms with van der Waals surface area (Å²) in [5.74, 6) is 6.91. The number of carbonyl (C=O) groups is 1. The van der Waals surface area contributed by atoms with Crippen LogP contribution in [0.4, 0.5) is 0 Å². The van der Waals surface area contributed by atoms with Crippen LogP contribution in [0.15, 0.2) is 72.9 Å². The number of aryl methyl sites for hydroxylation is 1. The van der Waals surface area contributed by atoms with E-state index in [1.54, 1.807) is 19.4 Å². The van der Waals surface area contributed by atoms with E-state index in [1.165, 1.54) is 0 Å². The maximum atomic E-state index is 12.8. The predicted octanol–water partition coefficient (Wildman–Crippen LogP) is 5.12. The maximum absolute atomic E-state index is 12.8. The highest BCUT2D eigenvalue weighted by molar-refractivity contribution is 5.96. The van der Waals surface area contributed by atoms with Crippen LogP contribution in [0.1, 0.15) is 54.9 Å². The Morgan fingerprint density at radius 2 is 2.03 bits per heavy atom. The van der Waals surface area contributed by atoms with Gasteiger partial charge in [0.25, 0.3) is 5.91 Å². The molecule has 5 heteroatoms. The molecule has 2 aromatic heterocycles. The summed E-state index contributed by atoms with van der Waals surface area (Å²) in [6.07, 6.45) is 6.26. The van der Waals surface area contributed by atoms with Crippen molar-refractivity contribution in [3.63, 3.8) is 0 Å². The molecule has 164 valence electrons. The Balaban J connectivity index is 1.86. The minimum absolute atomic E-state index is 0.189. The topological polar surface area (TPSA) is 55.6 Å². The van der Waals surface area contributed by atoms with E-state index in [9.17, 15) is 4.79 Å². The molecule has 0 saturated carbocycles. The van der Waals surface area contributed by atoms with E-state index in [-0.39, 0.29) is 11.3 Å². The molecule has 0 bridgehead atoms. The number of aromatic nitrogens is 2. The SMILES string of the molecule is C=C(/C=C(\OC)C(C)(C)C)NC(=O)c1ccc(CC)c(C#Cc2cnc3ccccn23)c1. The van der Waals surface area contributed by atoms with Gasteiger partial charge in [0, 0.05) is 28.4 Å². The first-order valence-electron chi connectivity index (χ1n) is 10.6. The molecule has 0 atom stereocenters. The van der Waals surface area contributed by atoms with Crippen LogP contribution in [0.2, 0.25) is 0 Å². The Hall–Kier alpha value is -3.78. The van der Waals surface area contributed by atoms with Gasteiger partial charge in [-0.3, -0.25) is 9.20 Å². The van der Waals surface area contributed by atoms with Crippen LogP contribution in [-0.2, 0) is 11.2 Å². The van der Waals surface area contributed by atoms with E-state index in [0.29, 0.717) is 11.3 Å². The number of nitrogens with one attached hydrogen (secondary N) is 1. The summed E-state index contributed by atoms with van der Waals surface area (Å²) in [7, 11) is 1.62. The highest BCUT2D eigenvalue weighted by Gasteiger charge is 2.18. The third-order valence-corrected chi connectivity index (χ3v) is 5.03. The van der Waals surface area contributed by atoms with Gasteiger partial charge >= 0.3 is 0 Å².